The summed E-state index contributed by atoms with van der Waals surface area (Å²) in [4.78, 5) is 0. The van der Waals surface area contributed by atoms with Crippen LogP contribution in [0.25, 0.3) is 0 Å². The molecule has 0 aliphatic heterocycles. The van der Waals surface area contributed by atoms with Crippen molar-refractivity contribution in [1.29, 1.82) is 0 Å². The summed E-state index contributed by atoms with van der Waals surface area (Å²) in [5.41, 5.74) is -2.51. The van der Waals surface area contributed by atoms with Gasteiger partial charge in [0.05, 0.1) is 23.7 Å². The van der Waals surface area contributed by atoms with Gasteiger partial charge in [-0.25, -0.2) is 0 Å². The highest BCUT2D eigenvalue weighted by atomic mass is 32.2. The van der Waals surface area contributed by atoms with Crippen LogP contribution in [0.5, 0.6) is 0 Å². The fourth-order valence-electron chi connectivity index (χ4n) is 5.05. The molecule has 0 aromatic heterocycles. The van der Waals surface area contributed by atoms with Gasteiger partial charge < -0.3 is 9.47 Å². The molecule has 2 fully saturated rings. The van der Waals surface area contributed by atoms with Crippen LogP contribution in [0.3, 0.4) is 0 Å². The Balaban J connectivity index is 1.73. The van der Waals surface area contributed by atoms with E-state index >= 15 is 0 Å². The molecule has 0 radical (unpaired) electrons. The van der Waals surface area contributed by atoms with Crippen molar-refractivity contribution in [2.24, 2.45) is 22.1 Å². The number of halogens is 6. The average Bonchev–Trinajstić information content (AvgIpc) is 2.88. The van der Waals surface area contributed by atoms with Gasteiger partial charge in [-0.2, -0.15) is 43.2 Å². The lowest BCUT2D eigenvalue weighted by atomic mass is 9.84. The maximum atomic E-state index is 13.5. The van der Waals surface area contributed by atoms with Crippen LogP contribution < -0.4 is 0 Å². The molecule has 2 aliphatic rings. The minimum Gasteiger partial charge on any atom is -0.378 e. The number of rotatable bonds is 16. The van der Waals surface area contributed by atoms with E-state index in [0.717, 1.165) is 0 Å². The summed E-state index contributed by atoms with van der Waals surface area (Å²) in [6.45, 7) is 3.65. The summed E-state index contributed by atoms with van der Waals surface area (Å²) >= 11 is 0. The highest BCUT2D eigenvalue weighted by Crippen LogP contribution is 2.35. The first-order valence-corrected chi connectivity index (χ1v) is 17.5. The maximum absolute atomic E-state index is 13.5. The van der Waals surface area contributed by atoms with Crippen molar-refractivity contribution in [1.82, 2.24) is 0 Å². The van der Waals surface area contributed by atoms with E-state index < -0.39 is 67.4 Å². The van der Waals surface area contributed by atoms with Gasteiger partial charge in [0.25, 0.3) is 0 Å². The van der Waals surface area contributed by atoms with E-state index in [1.165, 1.54) is 0 Å². The second-order valence-electron chi connectivity index (χ2n) is 10.7. The third-order valence-electron chi connectivity index (χ3n) is 7.11. The number of ether oxygens (including phenoxy) is 2. The van der Waals surface area contributed by atoms with Crippen molar-refractivity contribution in [3.63, 3.8) is 0 Å². The number of hydrogen-bond donors (Lipinski definition) is 0. The second kappa shape index (κ2) is 16.6. The van der Waals surface area contributed by atoms with Gasteiger partial charge in [-0.05, 0) is 70.6 Å². The van der Waals surface area contributed by atoms with Gasteiger partial charge in [0.1, 0.15) is 0 Å². The van der Waals surface area contributed by atoms with Gasteiger partial charge in [-0.3, -0.25) is 8.57 Å². The monoisotopic (exact) mass is 674 g/mol. The van der Waals surface area contributed by atoms with Crippen LogP contribution in [-0.4, -0.2) is 77.5 Å². The quantitative estimate of drug-likeness (QED) is 0.0860. The first kappa shape index (κ1) is 37.5. The Morgan fingerprint density at radius 3 is 1.23 bits per heavy atom. The fraction of sp³-hybridized carbons (Fsp3) is 0.920. The summed E-state index contributed by atoms with van der Waals surface area (Å²) in [6, 6.07) is 0. The molecular weight excluding hydrogens is 634 g/mol. The average molecular weight is 675 g/mol. The maximum Gasteiger partial charge on any atom is 0.433 e. The zero-order valence-electron chi connectivity index (χ0n) is 24.2. The van der Waals surface area contributed by atoms with Gasteiger partial charge in [-0.15, -0.1) is 0 Å². The first-order chi connectivity index (χ1) is 20.0. The van der Waals surface area contributed by atoms with E-state index in [-0.39, 0.29) is 63.9 Å². The topological polar surface area (TPSA) is 130 Å². The largest absolute Gasteiger partial charge is 0.433 e. The minimum atomic E-state index is -4.83. The molecule has 0 saturated heterocycles. The normalized spacial score (nSPS) is 25.0. The Hall–Kier alpha value is -1.66. The predicted molar refractivity (Wildman–Crippen MR) is 145 cm³/mol. The van der Waals surface area contributed by atoms with E-state index in [0.29, 0.717) is 32.1 Å². The summed E-state index contributed by atoms with van der Waals surface area (Å²) < 4.78 is 147. The summed E-state index contributed by atoms with van der Waals surface area (Å²) in [6.07, 6.45) is -7.75. The lowest BCUT2D eigenvalue weighted by molar-refractivity contribution is -0.0676. The van der Waals surface area contributed by atoms with Crippen LogP contribution in [0.2, 0.25) is 0 Å². The predicted octanol–water partition coefficient (Wildman–Crippen LogP) is 5.88. The Morgan fingerprint density at radius 2 is 0.953 bits per heavy atom. The lowest BCUT2D eigenvalue weighted by Crippen LogP contribution is -2.35. The van der Waals surface area contributed by atoms with Gasteiger partial charge in [-0.1, -0.05) is 24.2 Å². The van der Waals surface area contributed by atoms with Crippen molar-refractivity contribution in [2.75, 3.05) is 24.7 Å². The van der Waals surface area contributed by atoms with Crippen molar-refractivity contribution >= 4 is 31.7 Å². The standard InChI is InChI=1S/C25H40F6N2O8S2/c1-3-16-42(34,35)40-32-22(24(26,27)28)18-6-10-20(11-7-18)38-14-5-15-39-21-12-8-19(9-13-21)23(25(29,30)31)33-41-43(36,37)17-4-2/h18-21H,3-17H2,1-2H3/b32-22-,33-23-. The molecule has 0 aromatic carbocycles. The summed E-state index contributed by atoms with van der Waals surface area (Å²) in [7, 11) is -8.37. The zero-order chi connectivity index (χ0) is 32.3. The number of oxime groups is 2. The van der Waals surface area contributed by atoms with Crippen LogP contribution in [0.15, 0.2) is 10.3 Å². The molecule has 0 unspecified atom stereocenters. The molecule has 0 bridgehead atoms. The van der Waals surface area contributed by atoms with Gasteiger partial charge in [0.15, 0.2) is 11.4 Å². The zero-order valence-corrected chi connectivity index (χ0v) is 25.8. The highest BCUT2D eigenvalue weighted by Gasteiger charge is 2.44. The SMILES string of the molecule is CCCS(=O)(=O)O/N=C(/C1CCC(OCCCOC2CCC(/C(=N/OS(=O)(=O)CCC)C(F)(F)F)CC2)CC1)C(F)(F)F. The van der Waals surface area contributed by atoms with Crippen molar-refractivity contribution in [3.8, 4) is 0 Å². The van der Waals surface area contributed by atoms with Crippen LogP contribution in [0.4, 0.5) is 26.3 Å². The highest BCUT2D eigenvalue weighted by molar-refractivity contribution is 7.86. The van der Waals surface area contributed by atoms with Crippen molar-refractivity contribution < 1.29 is 61.2 Å². The molecule has 0 aromatic rings. The third kappa shape index (κ3) is 13.5. The van der Waals surface area contributed by atoms with Crippen LogP contribution in [0, 0.1) is 11.8 Å². The van der Waals surface area contributed by atoms with E-state index in [1.807, 2.05) is 0 Å². The summed E-state index contributed by atoms with van der Waals surface area (Å²) in [5.74, 6) is -2.90. The molecule has 0 heterocycles. The molecule has 2 rings (SSSR count). The molecule has 43 heavy (non-hydrogen) atoms. The van der Waals surface area contributed by atoms with Gasteiger partial charge in [0, 0.05) is 25.0 Å². The van der Waals surface area contributed by atoms with Crippen molar-refractivity contribution in [2.45, 2.75) is 109 Å². The third-order valence-corrected chi connectivity index (χ3v) is 9.52. The van der Waals surface area contributed by atoms with E-state index in [4.69, 9.17) is 9.47 Å². The molecule has 0 atom stereocenters. The first-order valence-electron chi connectivity index (χ1n) is 14.3. The molecule has 18 heteroatoms. The van der Waals surface area contributed by atoms with E-state index in [1.54, 1.807) is 13.8 Å². The molecular formula is C25H40F6N2O8S2. The van der Waals surface area contributed by atoms with Crippen LogP contribution >= 0.6 is 0 Å². The Labute approximate surface area is 248 Å². The Morgan fingerprint density at radius 1 is 0.628 bits per heavy atom. The molecule has 0 amide bonds. The molecule has 0 spiro atoms. The second-order valence-corrected chi connectivity index (χ2v) is 14.0. The van der Waals surface area contributed by atoms with Crippen LogP contribution in [-0.2, 0) is 38.3 Å². The van der Waals surface area contributed by atoms with Gasteiger partial charge >= 0.3 is 32.6 Å². The molecule has 10 nitrogen and oxygen atoms in total. The number of alkyl halides is 6. The lowest BCUT2D eigenvalue weighted by Gasteiger charge is -2.30. The smallest absolute Gasteiger partial charge is 0.378 e. The number of nitrogens with zero attached hydrogens (tertiary/aromatic N) is 2. The van der Waals surface area contributed by atoms with E-state index in [9.17, 15) is 43.2 Å². The Kier molecular flexibility index (Phi) is 14.5. The minimum absolute atomic E-state index is 0.0960. The fourth-order valence-corrected chi connectivity index (χ4v) is 6.59. The molecule has 2 saturated carbocycles. The number of hydrogen-bond acceptors (Lipinski definition) is 10. The Bertz CT molecular complexity index is 1040. The van der Waals surface area contributed by atoms with E-state index in [2.05, 4.69) is 18.9 Å². The molecule has 0 N–H and O–H groups in total. The molecule has 2 aliphatic carbocycles. The van der Waals surface area contributed by atoms with Crippen molar-refractivity contribution in [3.05, 3.63) is 0 Å². The van der Waals surface area contributed by atoms with Gasteiger partial charge in [0.2, 0.25) is 0 Å². The summed E-state index contributed by atoms with van der Waals surface area (Å²) in [5, 5.41) is 5.94. The van der Waals surface area contributed by atoms with Crippen LogP contribution in [0.1, 0.15) is 84.5 Å². The molecule has 252 valence electrons.